The van der Waals surface area contributed by atoms with Gasteiger partial charge in [-0.2, -0.15) is 0 Å². The summed E-state index contributed by atoms with van der Waals surface area (Å²) in [4.78, 5) is 12.0. The summed E-state index contributed by atoms with van der Waals surface area (Å²) in [5.74, 6) is 1.30. The number of alkyl halides is 1. The van der Waals surface area contributed by atoms with Crippen molar-refractivity contribution < 1.29 is 14.3 Å². The molecule has 4 nitrogen and oxygen atoms in total. The highest BCUT2D eigenvalue weighted by atomic mass is 35.5. The topological polar surface area (TPSA) is 47.6 Å². The first-order valence-corrected chi connectivity index (χ1v) is 6.07. The molecular formula is C13H18ClNO3. The van der Waals surface area contributed by atoms with Crippen molar-refractivity contribution in [3.8, 4) is 11.5 Å². The van der Waals surface area contributed by atoms with E-state index in [2.05, 4.69) is 5.32 Å². The van der Waals surface area contributed by atoms with E-state index >= 15 is 0 Å². The Balaban J connectivity index is 2.98. The van der Waals surface area contributed by atoms with Crippen LogP contribution in [0.3, 0.4) is 0 Å². The smallest absolute Gasteiger partial charge is 0.231 e. The van der Waals surface area contributed by atoms with E-state index in [1.54, 1.807) is 46.3 Å². The van der Waals surface area contributed by atoms with Crippen molar-refractivity contribution in [1.82, 2.24) is 0 Å². The second-order valence-electron chi connectivity index (χ2n) is 4.54. The van der Waals surface area contributed by atoms with Crippen molar-refractivity contribution in [3.05, 3.63) is 18.2 Å². The SMILES string of the molecule is COc1ccc(OC)c(NC(=O)C(C)(C)CCl)c1. The molecule has 0 spiro atoms. The molecule has 0 unspecified atom stereocenters. The van der Waals surface area contributed by atoms with Gasteiger partial charge in [0.05, 0.1) is 25.3 Å². The number of nitrogens with one attached hydrogen (secondary N) is 1. The summed E-state index contributed by atoms with van der Waals surface area (Å²) < 4.78 is 10.3. The van der Waals surface area contributed by atoms with Crippen LogP contribution in [0.2, 0.25) is 0 Å². The van der Waals surface area contributed by atoms with Crippen LogP contribution in [0.1, 0.15) is 13.8 Å². The molecule has 0 heterocycles. The molecule has 0 aromatic heterocycles. The molecule has 0 bridgehead atoms. The highest BCUT2D eigenvalue weighted by molar-refractivity contribution is 6.20. The van der Waals surface area contributed by atoms with Crippen molar-refractivity contribution in [1.29, 1.82) is 0 Å². The van der Waals surface area contributed by atoms with Gasteiger partial charge in [0.15, 0.2) is 0 Å². The summed E-state index contributed by atoms with van der Waals surface area (Å²) in [6.45, 7) is 3.56. The van der Waals surface area contributed by atoms with Gasteiger partial charge in [-0.3, -0.25) is 4.79 Å². The lowest BCUT2D eigenvalue weighted by Gasteiger charge is -2.21. The van der Waals surface area contributed by atoms with E-state index < -0.39 is 5.41 Å². The fourth-order valence-electron chi connectivity index (χ4n) is 1.26. The van der Waals surface area contributed by atoms with Crippen LogP contribution < -0.4 is 14.8 Å². The van der Waals surface area contributed by atoms with E-state index in [0.29, 0.717) is 17.2 Å². The molecule has 1 N–H and O–H groups in total. The summed E-state index contributed by atoms with van der Waals surface area (Å²) in [6, 6.07) is 5.21. The molecule has 0 saturated carbocycles. The third-order valence-corrected chi connectivity index (χ3v) is 3.27. The lowest BCUT2D eigenvalue weighted by Crippen LogP contribution is -2.32. The van der Waals surface area contributed by atoms with Crippen molar-refractivity contribution in [2.24, 2.45) is 5.41 Å². The van der Waals surface area contributed by atoms with Gasteiger partial charge in [0.2, 0.25) is 5.91 Å². The largest absolute Gasteiger partial charge is 0.497 e. The molecule has 0 atom stereocenters. The highest BCUT2D eigenvalue weighted by Gasteiger charge is 2.27. The number of carbonyl (C=O) groups excluding carboxylic acids is 1. The number of methoxy groups -OCH3 is 2. The molecule has 0 aliphatic carbocycles. The number of ether oxygens (including phenoxy) is 2. The number of hydrogen-bond acceptors (Lipinski definition) is 3. The maximum absolute atomic E-state index is 12.0. The summed E-state index contributed by atoms with van der Waals surface area (Å²) in [7, 11) is 3.11. The zero-order chi connectivity index (χ0) is 13.8. The van der Waals surface area contributed by atoms with Crippen LogP contribution in [0.4, 0.5) is 5.69 Å². The zero-order valence-corrected chi connectivity index (χ0v) is 11.8. The number of hydrogen-bond donors (Lipinski definition) is 1. The lowest BCUT2D eigenvalue weighted by atomic mass is 9.95. The van der Waals surface area contributed by atoms with E-state index in [0.717, 1.165) is 0 Å². The summed E-state index contributed by atoms with van der Waals surface area (Å²) >= 11 is 5.77. The minimum absolute atomic E-state index is 0.163. The second kappa shape index (κ2) is 5.96. The fourth-order valence-corrected chi connectivity index (χ4v) is 1.39. The van der Waals surface area contributed by atoms with Gasteiger partial charge in [-0.25, -0.2) is 0 Å². The lowest BCUT2D eigenvalue weighted by molar-refractivity contribution is -0.122. The average molecular weight is 272 g/mol. The number of amides is 1. The van der Waals surface area contributed by atoms with Gasteiger partial charge < -0.3 is 14.8 Å². The number of halogens is 1. The third-order valence-electron chi connectivity index (χ3n) is 2.60. The second-order valence-corrected chi connectivity index (χ2v) is 4.81. The molecule has 0 radical (unpaired) electrons. The summed E-state index contributed by atoms with van der Waals surface area (Å²) in [5.41, 5.74) is -0.0737. The Hall–Kier alpha value is -1.42. The molecule has 100 valence electrons. The maximum Gasteiger partial charge on any atom is 0.231 e. The number of carbonyl (C=O) groups is 1. The Morgan fingerprint density at radius 1 is 1.33 bits per heavy atom. The Labute approximate surface area is 112 Å². The number of anilines is 1. The van der Waals surface area contributed by atoms with Crippen molar-refractivity contribution in [3.63, 3.8) is 0 Å². The van der Waals surface area contributed by atoms with E-state index in [-0.39, 0.29) is 11.8 Å². The Kier molecular flexibility index (Phi) is 4.84. The molecule has 0 saturated heterocycles. The van der Waals surface area contributed by atoms with Crippen LogP contribution in [-0.2, 0) is 4.79 Å². The first-order valence-electron chi connectivity index (χ1n) is 5.54. The monoisotopic (exact) mass is 271 g/mol. The summed E-state index contributed by atoms with van der Waals surface area (Å²) in [5, 5.41) is 2.80. The van der Waals surface area contributed by atoms with Gasteiger partial charge in [0.25, 0.3) is 0 Å². The predicted molar refractivity (Wildman–Crippen MR) is 72.7 cm³/mol. The van der Waals surface area contributed by atoms with Gasteiger partial charge in [-0.15, -0.1) is 11.6 Å². The molecule has 0 fully saturated rings. The van der Waals surface area contributed by atoms with Crippen molar-refractivity contribution in [2.45, 2.75) is 13.8 Å². The number of rotatable bonds is 5. The molecule has 1 aromatic carbocycles. The normalized spacial score (nSPS) is 10.9. The van der Waals surface area contributed by atoms with Crippen LogP contribution in [0, 0.1) is 5.41 Å². The van der Waals surface area contributed by atoms with E-state index in [1.807, 2.05) is 0 Å². The van der Waals surface area contributed by atoms with Crippen LogP contribution in [-0.4, -0.2) is 26.0 Å². The first kappa shape index (κ1) is 14.6. The zero-order valence-electron chi connectivity index (χ0n) is 11.0. The molecule has 0 aliphatic rings. The van der Waals surface area contributed by atoms with Crippen LogP contribution in [0.25, 0.3) is 0 Å². The fraction of sp³-hybridized carbons (Fsp3) is 0.462. The minimum Gasteiger partial charge on any atom is -0.497 e. The van der Waals surface area contributed by atoms with Crippen LogP contribution in [0.15, 0.2) is 18.2 Å². The Morgan fingerprint density at radius 3 is 2.50 bits per heavy atom. The molecule has 1 amide bonds. The molecule has 5 heteroatoms. The first-order chi connectivity index (χ1) is 8.44. The van der Waals surface area contributed by atoms with Gasteiger partial charge >= 0.3 is 0 Å². The average Bonchev–Trinajstić information content (AvgIpc) is 2.38. The van der Waals surface area contributed by atoms with Gasteiger partial charge in [-0.05, 0) is 26.0 Å². The van der Waals surface area contributed by atoms with Gasteiger partial charge in [0.1, 0.15) is 11.5 Å². The third kappa shape index (κ3) is 3.29. The Bertz CT molecular complexity index is 432. The highest BCUT2D eigenvalue weighted by Crippen LogP contribution is 2.30. The molecular weight excluding hydrogens is 254 g/mol. The van der Waals surface area contributed by atoms with Crippen LogP contribution >= 0.6 is 11.6 Å². The number of benzene rings is 1. The van der Waals surface area contributed by atoms with Crippen molar-refractivity contribution in [2.75, 3.05) is 25.4 Å². The Morgan fingerprint density at radius 2 is 2.00 bits per heavy atom. The van der Waals surface area contributed by atoms with Gasteiger partial charge in [0, 0.05) is 11.9 Å². The molecule has 1 aromatic rings. The molecule has 1 rings (SSSR count). The summed E-state index contributed by atoms with van der Waals surface area (Å²) in [6.07, 6.45) is 0. The van der Waals surface area contributed by atoms with Crippen molar-refractivity contribution >= 4 is 23.2 Å². The van der Waals surface area contributed by atoms with Gasteiger partial charge in [-0.1, -0.05) is 0 Å². The van der Waals surface area contributed by atoms with E-state index in [9.17, 15) is 4.79 Å². The predicted octanol–water partition coefficient (Wildman–Crippen LogP) is 2.91. The minimum atomic E-state index is -0.643. The van der Waals surface area contributed by atoms with Crippen LogP contribution in [0.5, 0.6) is 11.5 Å². The molecule has 0 aliphatic heterocycles. The standard InChI is InChI=1S/C13H18ClNO3/c1-13(2,8-14)12(16)15-10-7-9(17-3)5-6-11(10)18-4/h5-7H,8H2,1-4H3,(H,15,16). The molecule has 18 heavy (non-hydrogen) atoms. The quantitative estimate of drug-likeness (QED) is 0.838. The maximum atomic E-state index is 12.0. The van der Waals surface area contributed by atoms with E-state index in [1.165, 1.54) is 0 Å². The van der Waals surface area contributed by atoms with E-state index in [4.69, 9.17) is 21.1 Å².